The molecule has 3 aromatic rings. The minimum atomic E-state index is -0.128. The molecule has 0 unspecified atom stereocenters. The third-order valence-electron chi connectivity index (χ3n) is 5.35. The van der Waals surface area contributed by atoms with Crippen LogP contribution in [-0.4, -0.2) is 68.4 Å². The van der Waals surface area contributed by atoms with E-state index in [1.807, 2.05) is 30.0 Å². The van der Waals surface area contributed by atoms with Crippen molar-refractivity contribution in [3.63, 3.8) is 0 Å². The highest BCUT2D eigenvalue weighted by Gasteiger charge is 2.28. The molecule has 4 rings (SSSR count). The predicted molar refractivity (Wildman–Crippen MR) is 108 cm³/mol. The molecule has 0 aromatic carbocycles. The fourth-order valence-corrected chi connectivity index (χ4v) is 3.79. The second-order valence-corrected chi connectivity index (χ2v) is 7.64. The van der Waals surface area contributed by atoms with Crippen LogP contribution in [0.2, 0.25) is 0 Å². The molecule has 8 heteroatoms. The zero-order chi connectivity index (χ0) is 20.5. The average molecular weight is 392 g/mol. The predicted octanol–water partition coefficient (Wildman–Crippen LogP) is 2.15. The van der Waals surface area contributed by atoms with E-state index in [2.05, 4.69) is 15.1 Å². The molecule has 1 saturated heterocycles. The van der Waals surface area contributed by atoms with Gasteiger partial charge in [-0.15, -0.1) is 0 Å². The van der Waals surface area contributed by atoms with Crippen LogP contribution in [0.3, 0.4) is 0 Å². The summed E-state index contributed by atoms with van der Waals surface area (Å²) in [5, 5.41) is 4.43. The molecule has 1 aliphatic heterocycles. The number of carbonyl (C=O) groups is 2. The number of fused-ring (bicyclic) bond motifs is 1. The Morgan fingerprint density at radius 2 is 1.97 bits per heavy atom. The molecule has 0 saturated carbocycles. The molecule has 0 N–H and O–H groups in total. The van der Waals surface area contributed by atoms with Gasteiger partial charge in [0.2, 0.25) is 0 Å². The zero-order valence-electron chi connectivity index (χ0n) is 16.9. The number of nitrogens with zero attached hydrogens (tertiary/aromatic N) is 6. The van der Waals surface area contributed by atoms with Crippen molar-refractivity contribution in [2.75, 3.05) is 27.2 Å². The van der Waals surface area contributed by atoms with Crippen molar-refractivity contribution in [3.8, 4) is 0 Å². The highest BCUT2D eigenvalue weighted by molar-refractivity contribution is 5.99. The summed E-state index contributed by atoms with van der Waals surface area (Å²) in [7, 11) is 3.42. The lowest BCUT2D eigenvalue weighted by atomic mass is 9.94. The van der Waals surface area contributed by atoms with Crippen LogP contribution in [0.5, 0.6) is 0 Å². The highest BCUT2D eigenvalue weighted by atomic mass is 16.2. The lowest BCUT2D eigenvalue weighted by Gasteiger charge is -2.33. The first kappa shape index (κ1) is 19.0. The molecule has 2 amide bonds. The Hall–Kier alpha value is -3.29. The Bertz CT molecular complexity index is 1060. The van der Waals surface area contributed by atoms with Gasteiger partial charge >= 0.3 is 0 Å². The van der Waals surface area contributed by atoms with E-state index in [-0.39, 0.29) is 17.7 Å². The molecule has 29 heavy (non-hydrogen) atoms. The SMILES string of the molecule is Cc1ccc(C(=O)N2CCC[C@H](c3ccnc4c(C(=O)N(C)C)cnn34)C2)cn1. The summed E-state index contributed by atoms with van der Waals surface area (Å²) in [6, 6.07) is 5.61. The summed E-state index contributed by atoms with van der Waals surface area (Å²) in [5.74, 6) is -0.00720. The summed E-state index contributed by atoms with van der Waals surface area (Å²) in [6.07, 6.45) is 6.77. The third-order valence-corrected chi connectivity index (χ3v) is 5.35. The Balaban J connectivity index is 1.61. The van der Waals surface area contributed by atoms with Gasteiger partial charge in [0.1, 0.15) is 5.56 Å². The number of rotatable bonds is 3. The minimum Gasteiger partial charge on any atom is -0.345 e. The van der Waals surface area contributed by atoms with Crippen molar-refractivity contribution in [1.29, 1.82) is 0 Å². The normalized spacial score (nSPS) is 16.8. The molecule has 0 aliphatic carbocycles. The first-order valence-corrected chi connectivity index (χ1v) is 9.72. The molecule has 150 valence electrons. The third kappa shape index (κ3) is 3.57. The van der Waals surface area contributed by atoms with Crippen molar-refractivity contribution < 1.29 is 9.59 Å². The fraction of sp³-hybridized carbons (Fsp3) is 0.381. The Morgan fingerprint density at radius 3 is 2.69 bits per heavy atom. The monoisotopic (exact) mass is 392 g/mol. The van der Waals surface area contributed by atoms with Crippen LogP contribution in [0.1, 0.15) is 50.9 Å². The number of likely N-dealkylation sites (tertiary alicyclic amines) is 1. The van der Waals surface area contributed by atoms with Crippen LogP contribution in [0.15, 0.2) is 36.8 Å². The topological polar surface area (TPSA) is 83.7 Å². The Labute approximate surface area is 169 Å². The lowest BCUT2D eigenvalue weighted by molar-refractivity contribution is 0.0704. The number of carbonyl (C=O) groups excluding carboxylic acids is 2. The van der Waals surface area contributed by atoms with E-state index < -0.39 is 0 Å². The van der Waals surface area contributed by atoms with Gasteiger partial charge < -0.3 is 9.80 Å². The lowest BCUT2D eigenvalue weighted by Crippen LogP contribution is -2.39. The second kappa shape index (κ2) is 7.62. The number of hydrogen-bond acceptors (Lipinski definition) is 5. The van der Waals surface area contributed by atoms with Crippen molar-refractivity contribution >= 4 is 17.5 Å². The van der Waals surface area contributed by atoms with Crippen LogP contribution in [-0.2, 0) is 0 Å². The van der Waals surface area contributed by atoms with Gasteiger partial charge in [0.15, 0.2) is 5.65 Å². The number of piperidine rings is 1. The minimum absolute atomic E-state index is 0.00330. The molecule has 8 nitrogen and oxygen atoms in total. The highest BCUT2D eigenvalue weighted by Crippen LogP contribution is 2.28. The van der Waals surface area contributed by atoms with E-state index >= 15 is 0 Å². The van der Waals surface area contributed by atoms with E-state index in [0.717, 1.165) is 30.8 Å². The average Bonchev–Trinajstić information content (AvgIpc) is 3.17. The summed E-state index contributed by atoms with van der Waals surface area (Å²) >= 11 is 0. The van der Waals surface area contributed by atoms with Gasteiger partial charge in [-0.2, -0.15) is 5.10 Å². The van der Waals surface area contributed by atoms with Gasteiger partial charge in [-0.1, -0.05) is 0 Å². The molecular formula is C21H24N6O2. The Morgan fingerprint density at radius 1 is 1.14 bits per heavy atom. The summed E-state index contributed by atoms with van der Waals surface area (Å²) < 4.78 is 1.74. The number of aryl methyl sites for hydroxylation is 1. The molecular weight excluding hydrogens is 368 g/mol. The van der Waals surface area contributed by atoms with E-state index in [1.165, 1.54) is 4.90 Å². The summed E-state index contributed by atoms with van der Waals surface area (Å²) in [6.45, 7) is 3.23. The van der Waals surface area contributed by atoms with Gasteiger partial charge in [-0.25, -0.2) is 9.50 Å². The van der Waals surface area contributed by atoms with Gasteiger partial charge in [0.25, 0.3) is 11.8 Å². The van der Waals surface area contributed by atoms with Crippen LogP contribution in [0.4, 0.5) is 0 Å². The van der Waals surface area contributed by atoms with E-state index in [0.29, 0.717) is 23.3 Å². The van der Waals surface area contributed by atoms with E-state index in [9.17, 15) is 9.59 Å². The molecule has 1 fully saturated rings. The first-order chi connectivity index (χ1) is 14.0. The van der Waals surface area contributed by atoms with Crippen molar-refractivity contribution in [2.24, 2.45) is 0 Å². The van der Waals surface area contributed by atoms with Gasteiger partial charge in [-0.05, 0) is 38.0 Å². The van der Waals surface area contributed by atoms with E-state index in [1.54, 1.807) is 37.2 Å². The first-order valence-electron chi connectivity index (χ1n) is 9.72. The Kier molecular flexibility index (Phi) is 5.00. The molecule has 0 bridgehead atoms. The maximum Gasteiger partial charge on any atom is 0.258 e. The number of amides is 2. The maximum atomic E-state index is 12.9. The zero-order valence-corrected chi connectivity index (χ0v) is 16.9. The van der Waals surface area contributed by atoms with E-state index in [4.69, 9.17) is 0 Å². The maximum absolute atomic E-state index is 12.9. The van der Waals surface area contributed by atoms with Crippen molar-refractivity contribution in [1.82, 2.24) is 29.4 Å². The number of pyridine rings is 1. The standard InChI is InChI=1S/C21H24N6O2/c1-14-6-7-15(11-23-14)20(28)26-10-4-5-16(13-26)18-8-9-22-19-17(12-24-27(18)19)21(29)25(2)3/h6-9,11-12,16H,4-5,10,13H2,1-3H3/t16-/m0/s1. The largest absolute Gasteiger partial charge is 0.345 e. The van der Waals surface area contributed by atoms with Gasteiger partial charge in [0.05, 0.1) is 17.5 Å². The second-order valence-electron chi connectivity index (χ2n) is 7.64. The van der Waals surface area contributed by atoms with Crippen LogP contribution in [0.25, 0.3) is 5.65 Å². The fourth-order valence-electron chi connectivity index (χ4n) is 3.79. The smallest absolute Gasteiger partial charge is 0.258 e. The van der Waals surface area contributed by atoms with Crippen molar-refractivity contribution in [3.05, 3.63) is 59.3 Å². The molecule has 0 radical (unpaired) electrons. The summed E-state index contributed by atoms with van der Waals surface area (Å²) in [5.41, 5.74) is 3.49. The van der Waals surface area contributed by atoms with Crippen molar-refractivity contribution in [2.45, 2.75) is 25.7 Å². The summed E-state index contributed by atoms with van der Waals surface area (Å²) in [4.78, 5) is 37.3. The molecule has 1 aliphatic rings. The van der Waals surface area contributed by atoms with Gasteiger partial charge in [-0.3, -0.25) is 14.6 Å². The molecule has 0 spiro atoms. The van der Waals surface area contributed by atoms with Crippen LogP contribution in [0, 0.1) is 6.92 Å². The van der Waals surface area contributed by atoms with Crippen LogP contribution < -0.4 is 0 Å². The van der Waals surface area contributed by atoms with Gasteiger partial charge in [0, 0.05) is 51.2 Å². The quantitative estimate of drug-likeness (QED) is 0.682. The molecule has 4 heterocycles. The number of aromatic nitrogens is 4. The number of hydrogen-bond donors (Lipinski definition) is 0. The van der Waals surface area contributed by atoms with Crippen LogP contribution >= 0.6 is 0 Å². The molecule has 3 aromatic heterocycles. The molecule has 1 atom stereocenters.